The Morgan fingerprint density at radius 2 is 1.52 bits per heavy atom. The van der Waals surface area contributed by atoms with Crippen molar-refractivity contribution in [2.75, 3.05) is 14.2 Å². The lowest BCUT2D eigenvalue weighted by Gasteiger charge is -2.10. The molecular formula is C25H25N3O3. The molecule has 31 heavy (non-hydrogen) atoms. The van der Waals surface area contributed by atoms with Crippen molar-refractivity contribution in [3.63, 3.8) is 0 Å². The van der Waals surface area contributed by atoms with Crippen molar-refractivity contribution in [3.8, 4) is 11.1 Å². The summed E-state index contributed by atoms with van der Waals surface area (Å²) < 4.78 is 0. The number of carbonyl (C=O) groups is 1. The summed E-state index contributed by atoms with van der Waals surface area (Å²) in [6.45, 7) is 2.08. The molecule has 1 amide bonds. The average Bonchev–Trinajstić information content (AvgIpc) is 2.83. The highest BCUT2D eigenvalue weighted by Crippen LogP contribution is 2.19. The van der Waals surface area contributed by atoms with Crippen molar-refractivity contribution in [1.29, 1.82) is 0 Å². The smallest absolute Gasteiger partial charge is 0.273 e. The van der Waals surface area contributed by atoms with Crippen molar-refractivity contribution in [2.45, 2.75) is 13.5 Å². The van der Waals surface area contributed by atoms with Crippen molar-refractivity contribution >= 4 is 17.3 Å². The number of rotatable bonds is 8. The first-order valence-corrected chi connectivity index (χ1v) is 9.88. The van der Waals surface area contributed by atoms with Gasteiger partial charge in [0.1, 0.15) is 13.7 Å². The van der Waals surface area contributed by atoms with Crippen molar-refractivity contribution in [3.05, 3.63) is 95.6 Å². The molecule has 6 heteroatoms. The van der Waals surface area contributed by atoms with E-state index in [4.69, 9.17) is 9.68 Å². The van der Waals surface area contributed by atoms with Gasteiger partial charge in [0.15, 0.2) is 5.71 Å². The third-order valence-corrected chi connectivity index (χ3v) is 4.73. The summed E-state index contributed by atoms with van der Waals surface area (Å²) >= 11 is 0. The number of oxime groups is 2. The molecular weight excluding hydrogens is 390 g/mol. The van der Waals surface area contributed by atoms with Crippen molar-refractivity contribution in [2.24, 2.45) is 10.3 Å². The van der Waals surface area contributed by atoms with Crippen LogP contribution in [-0.2, 0) is 21.1 Å². The minimum atomic E-state index is -0.340. The second-order valence-electron chi connectivity index (χ2n) is 6.75. The number of hydrogen-bond acceptors (Lipinski definition) is 5. The van der Waals surface area contributed by atoms with E-state index in [1.54, 1.807) is 13.1 Å². The second kappa shape index (κ2) is 10.7. The molecule has 1 N–H and O–H groups in total. The Balaban J connectivity index is 1.72. The largest absolute Gasteiger partial charge is 0.398 e. The van der Waals surface area contributed by atoms with Crippen LogP contribution in [0.3, 0.4) is 0 Å². The quantitative estimate of drug-likeness (QED) is 0.438. The Morgan fingerprint density at radius 3 is 2.19 bits per heavy atom. The van der Waals surface area contributed by atoms with Gasteiger partial charge in [0.2, 0.25) is 0 Å². The summed E-state index contributed by atoms with van der Waals surface area (Å²) in [6, 6.07) is 25.7. The van der Waals surface area contributed by atoms with Crippen LogP contribution in [0.25, 0.3) is 11.1 Å². The molecule has 3 aromatic rings. The molecule has 0 bridgehead atoms. The Hall–Kier alpha value is -3.93. The number of hydrogen-bond donors (Lipinski definition) is 1. The molecule has 0 aliphatic carbocycles. The van der Waals surface area contributed by atoms with Gasteiger partial charge in [-0.15, -0.1) is 0 Å². The molecule has 158 valence electrons. The van der Waals surface area contributed by atoms with Crippen LogP contribution in [0.2, 0.25) is 0 Å². The number of nitrogens with one attached hydrogen (secondary N) is 1. The zero-order valence-corrected chi connectivity index (χ0v) is 17.8. The minimum Gasteiger partial charge on any atom is -0.398 e. The maximum Gasteiger partial charge on any atom is 0.273 e. The van der Waals surface area contributed by atoms with E-state index in [0.717, 1.165) is 22.4 Å². The fourth-order valence-corrected chi connectivity index (χ4v) is 3.09. The molecule has 0 radical (unpaired) electrons. The van der Waals surface area contributed by atoms with E-state index in [9.17, 15) is 4.79 Å². The van der Waals surface area contributed by atoms with E-state index in [1.807, 2.05) is 55.5 Å². The predicted molar refractivity (Wildman–Crippen MR) is 123 cm³/mol. The summed E-state index contributed by atoms with van der Waals surface area (Å²) in [4.78, 5) is 22.6. The Bertz CT molecular complexity index is 1070. The zero-order chi connectivity index (χ0) is 22.1. The number of amides is 1. The number of carbonyl (C=O) groups excluding carboxylic acids is 1. The molecule has 6 nitrogen and oxygen atoms in total. The van der Waals surface area contributed by atoms with Gasteiger partial charge in [-0.2, -0.15) is 0 Å². The molecule has 3 rings (SSSR count). The lowest BCUT2D eigenvalue weighted by Crippen LogP contribution is -2.29. The van der Waals surface area contributed by atoms with Crippen LogP contribution in [0.15, 0.2) is 89.2 Å². The Morgan fingerprint density at radius 1 is 0.871 bits per heavy atom. The van der Waals surface area contributed by atoms with E-state index in [2.05, 4.69) is 39.9 Å². The summed E-state index contributed by atoms with van der Waals surface area (Å²) in [5.74, 6) is -0.340. The zero-order valence-electron chi connectivity index (χ0n) is 17.8. The standard InChI is InChI=1S/C25H25N3O3/c1-18(19-13-15-21(16-14-19)20-9-5-4-6-10-20)27-31-17-22-11-7-8-12-23(22)24(28-30-3)25(29)26-2/h4-16H,17H2,1-3H3,(H,26,29)/b27-18+,28-24+. The van der Waals surface area contributed by atoms with Crippen LogP contribution in [0, 0.1) is 0 Å². The van der Waals surface area contributed by atoms with E-state index in [1.165, 1.54) is 12.7 Å². The molecule has 0 fully saturated rings. The van der Waals surface area contributed by atoms with Gasteiger partial charge in [-0.3, -0.25) is 4.79 Å². The molecule has 0 saturated heterocycles. The van der Waals surface area contributed by atoms with Crippen LogP contribution in [0.4, 0.5) is 0 Å². The van der Waals surface area contributed by atoms with E-state index < -0.39 is 0 Å². The first-order valence-electron chi connectivity index (χ1n) is 9.88. The highest BCUT2D eigenvalue weighted by molar-refractivity contribution is 6.45. The monoisotopic (exact) mass is 415 g/mol. The maximum atomic E-state index is 12.2. The van der Waals surface area contributed by atoms with E-state index in [0.29, 0.717) is 5.56 Å². The van der Waals surface area contributed by atoms with Gasteiger partial charge in [0.25, 0.3) is 5.91 Å². The van der Waals surface area contributed by atoms with Gasteiger partial charge >= 0.3 is 0 Å². The summed E-state index contributed by atoms with van der Waals surface area (Å²) in [5, 5.41) is 10.7. The predicted octanol–water partition coefficient (Wildman–Crippen LogP) is 4.39. The molecule has 0 unspecified atom stereocenters. The average molecular weight is 415 g/mol. The van der Waals surface area contributed by atoms with Crippen LogP contribution in [0.5, 0.6) is 0 Å². The lowest BCUT2D eigenvalue weighted by molar-refractivity contribution is -0.114. The molecule has 3 aromatic carbocycles. The fourth-order valence-electron chi connectivity index (χ4n) is 3.09. The van der Waals surface area contributed by atoms with Crippen molar-refractivity contribution in [1.82, 2.24) is 5.32 Å². The third kappa shape index (κ3) is 5.57. The normalized spacial score (nSPS) is 11.7. The Labute approximate surface area is 182 Å². The number of likely N-dealkylation sites (N-methyl/N-ethyl adjacent to an activating group) is 1. The summed E-state index contributed by atoms with van der Waals surface area (Å²) in [5.41, 5.74) is 5.63. The third-order valence-electron chi connectivity index (χ3n) is 4.73. The molecule has 0 spiro atoms. The first kappa shape index (κ1) is 21.8. The summed E-state index contributed by atoms with van der Waals surface area (Å²) in [7, 11) is 2.95. The van der Waals surface area contributed by atoms with Crippen LogP contribution in [-0.4, -0.2) is 31.5 Å². The molecule has 0 aliphatic heterocycles. The van der Waals surface area contributed by atoms with Gasteiger partial charge in [0, 0.05) is 18.2 Å². The molecule has 0 atom stereocenters. The van der Waals surface area contributed by atoms with Gasteiger partial charge in [0.05, 0.1) is 5.71 Å². The highest BCUT2D eigenvalue weighted by atomic mass is 16.6. The van der Waals surface area contributed by atoms with Crippen LogP contribution < -0.4 is 5.32 Å². The second-order valence-corrected chi connectivity index (χ2v) is 6.75. The molecule has 0 heterocycles. The first-order chi connectivity index (χ1) is 15.1. The van der Waals surface area contributed by atoms with Crippen LogP contribution in [0.1, 0.15) is 23.6 Å². The van der Waals surface area contributed by atoms with Gasteiger partial charge in [-0.25, -0.2) is 0 Å². The molecule has 0 aliphatic rings. The van der Waals surface area contributed by atoms with Crippen LogP contribution >= 0.6 is 0 Å². The van der Waals surface area contributed by atoms with E-state index >= 15 is 0 Å². The Kier molecular flexibility index (Phi) is 7.54. The number of benzene rings is 3. The molecule has 0 aromatic heterocycles. The lowest BCUT2D eigenvalue weighted by atomic mass is 10.0. The van der Waals surface area contributed by atoms with Crippen molar-refractivity contribution < 1.29 is 14.5 Å². The SMILES string of the molecule is CNC(=O)/C(=N/OC)c1ccccc1CO/N=C(\C)c1ccc(-c2ccccc2)cc1. The fraction of sp³-hybridized carbons (Fsp3) is 0.160. The summed E-state index contributed by atoms with van der Waals surface area (Å²) in [6.07, 6.45) is 0. The highest BCUT2D eigenvalue weighted by Gasteiger charge is 2.17. The topological polar surface area (TPSA) is 72.3 Å². The van der Waals surface area contributed by atoms with Gasteiger partial charge in [-0.1, -0.05) is 89.2 Å². The van der Waals surface area contributed by atoms with Gasteiger partial charge in [-0.05, 0) is 23.6 Å². The van der Waals surface area contributed by atoms with Gasteiger partial charge < -0.3 is 15.0 Å². The maximum absolute atomic E-state index is 12.2. The van der Waals surface area contributed by atoms with E-state index in [-0.39, 0.29) is 18.2 Å². The number of nitrogens with zero attached hydrogens (tertiary/aromatic N) is 2. The molecule has 0 saturated carbocycles. The minimum absolute atomic E-state index is 0.182.